The van der Waals surface area contributed by atoms with E-state index in [4.69, 9.17) is 5.73 Å². The van der Waals surface area contributed by atoms with Gasteiger partial charge < -0.3 is 11.1 Å². The summed E-state index contributed by atoms with van der Waals surface area (Å²) in [5, 5.41) is 3.27. The molecule has 0 fully saturated rings. The summed E-state index contributed by atoms with van der Waals surface area (Å²) in [6.07, 6.45) is 4.65. The predicted molar refractivity (Wildman–Crippen MR) is 85.1 cm³/mol. The quantitative estimate of drug-likeness (QED) is 0.759. The highest BCUT2D eigenvalue weighted by Crippen LogP contribution is 2.29. The molecule has 1 aromatic rings. The van der Waals surface area contributed by atoms with Crippen molar-refractivity contribution in [3.05, 3.63) is 29.3 Å². The third-order valence-electron chi connectivity index (χ3n) is 3.91. The number of hydrogen-bond acceptors (Lipinski definition) is 3. The van der Waals surface area contributed by atoms with Gasteiger partial charge in [-0.25, -0.2) is 0 Å². The Morgan fingerprint density at radius 1 is 1.40 bits per heavy atom. The Kier molecular flexibility index (Phi) is 5.11. The average molecular weight is 292 g/mol. The topological polar surface area (TPSA) is 55.1 Å². The molecule has 0 radical (unpaired) electrons. The van der Waals surface area contributed by atoms with Crippen molar-refractivity contribution < 1.29 is 4.79 Å². The minimum atomic E-state index is -0.639. The fourth-order valence-electron chi connectivity index (χ4n) is 2.48. The first kappa shape index (κ1) is 15.4. The van der Waals surface area contributed by atoms with Gasteiger partial charge in [0.15, 0.2) is 0 Å². The van der Waals surface area contributed by atoms with Crippen LogP contribution in [-0.2, 0) is 17.6 Å². The van der Waals surface area contributed by atoms with Crippen LogP contribution in [0.5, 0.6) is 0 Å². The first-order chi connectivity index (χ1) is 9.55. The second kappa shape index (κ2) is 6.64. The molecular weight excluding hydrogens is 268 g/mol. The molecule has 0 bridgehead atoms. The number of thioether (sulfide) groups is 1. The number of rotatable bonds is 7. The summed E-state index contributed by atoms with van der Waals surface area (Å²) in [5.41, 5.74) is 7.86. The second-order valence-corrected chi connectivity index (χ2v) is 6.74. The Morgan fingerprint density at radius 2 is 2.15 bits per heavy atom. The number of carbonyl (C=O) groups excluding carboxylic acids is 1. The third-order valence-corrected chi connectivity index (χ3v) is 5.22. The average Bonchev–Trinajstić information content (AvgIpc) is 2.90. The van der Waals surface area contributed by atoms with Crippen LogP contribution in [0.15, 0.2) is 23.1 Å². The zero-order valence-corrected chi connectivity index (χ0v) is 13.2. The fraction of sp³-hybridized carbons (Fsp3) is 0.562. The van der Waals surface area contributed by atoms with Gasteiger partial charge in [-0.2, -0.15) is 0 Å². The van der Waals surface area contributed by atoms with Crippen molar-refractivity contribution in [2.75, 3.05) is 12.3 Å². The van der Waals surface area contributed by atoms with Gasteiger partial charge in [0, 0.05) is 10.6 Å². The van der Waals surface area contributed by atoms with Gasteiger partial charge in [0.1, 0.15) is 5.54 Å². The fourth-order valence-corrected chi connectivity index (χ4v) is 3.57. The van der Waals surface area contributed by atoms with Crippen LogP contribution >= 0.6 is 11.8 Å². The first-order valence-corrected chi connectivity index (χ1v) is 8.33. The number of fused-ring (bicyclic) bond motifs is 1. The van der Waals surface area contributed by atoms with E-state index < -0.39 is 5.54 Å². The van der Waals surface area contributed by atoms with E-state index in [0.717, 1.165) is 13.0 Å². The zero-order valence-electron chi connectivity index (χ0n) is 12.4. The number of nitrogens with one attached hydrogen (secondary N) is 1. The van der Waals surface area contributed by atoms with E-state index >= 15 is 0 Å². The summed E-state index contributed by atoms with van der Waals surface area (Å²) < 4.78 is 0. The Morgan fingerprint density at radius 3 is 2.85 bits per heavy atom. The lowest BCUT2D eigenvalue weighted by molar-refractivity contribution is -0.122. The second-order valence-electron chi connectivity index (χ2n) is 5.70. The van der Waals surface area contributed by atoms with E-state index in [-0.39, 0.29) is 5.91 Å². The Balaban J connectivity index is 2.00. The van der Waals surface area contributed by atoms with Gasteiger partial charge in [-0.1, -0.05) is 13.0 Å². The van der Waals surface area contributed by atoms with E-state index in [9.17, 15) is 4.79 Å². The molecule has 1 unspecified atom stereocenters. The van der Waals surface area contributed by atoms with Crippen LogP contribution in [0.2, 0.25) is 0 Å². The van der Waals surface area contributed by atoms with Crippen molar-refractivity contribution in [1.82, 2.24) is 5.32 Å². The zero-order chi connectivity index (χ0) is 14.6. The Labute approximate surface area is 125 Å². The molecule has 1 amide bonds. The van der Waals surface area contributed by atoms with Gasteiger partial charge in [-0.05, 0) is 62.4 Å². The van der Waals surface area contributed by atoms with E-state index in [0.29, 0.717) is 5.75 Å². The molecule has 1 atom stereocenters. The molecule has 2 rings (SSSR count). The molecular formula is C16H24N2OS. The molecule has 0 aromatic heterocycles. The maximum absolute atomic E-state index is 11.7. The minimum absolute atomic E-state index is 0.278. The summed E-state index contributed by atoms with van der Waals surface area (Å²) >= 11 is 1.71. The number of benzene rings is 1. The number of carbonyl (C=O) groups is 1. The molecule has 0 heterocycles. The van der Waals surface area contributed by atoms with Crippen molar-refractivity contribution in [1.29, 1.82) is 0 Å². The number of nitrogens with two attached hydrogens (primary N) is 1. The molecule has 110 valence electrons. The molecule has 3 nitrogen and oxygen atoms in total. The van der Waals surface area contributed by atoms with Crippen LogP contribution in [0.3, 0.4) is 0 Å². The first-order valence-electron chi connectivity index (χ1n) is 7.34. The van der Waals surface area contributed by atoms with Crippen LogP contribution < -0.4 is 11.1 Å². The number of primary amides is 1. The summed E-state index contributed by atoms with van der Waals surface area (Å²) in [6, 6.07) is 6.66. The van der Waals surface area contributed by atoms with Gasteiger partial charge in [0.2, 0.25) is 5.91 Å². The molecule has 0 saturated heterocycles. The van der Waals surface area contributed by atoms with E-state index in [1.807, 2.05) is 6.92 Å². The number of hydrogen-bond donors (Lipinski definition) is 2. The lowest BCUT2D eigenvalue weighted by atomic mass is 10.0. The lowest BCUT2D eigenvalue weighted by Gasteiger charge is -2.27. The largest absolute Gasteiger partial charge is 0.368 e. The molecule has 1 aliphatic rings. The van der Waals surface area contributed by atoms with Gasteiger partial charge in [0.05, 0.1) is 0 Å². The standard InChI is InChI=1S/C16H24N2OS/c1-3-9-18-16(2,15(17)19)11-20-14-8-7-12-5-4-6-13(12)10-14/h7-8,10,18H,3-6,9,11H2,1-2H3,(H2,17,19). The highest BCUT2D eigenvalue weighted by atomic mass is 32.2. The molecule has 0 spiro atoms. The SMILES string of the molecule is CCCNC(C)(CSc1ccc2c(c1)CCC2)C(N)=O. The van der Waals surface area contributed by atoms with Crippen molar-refractivity contribution in [2.24, 2.45) is 5.73 Å². The van der Waals surface area contributed by atoms with Gasteiger partial charge in [-0.15, -0.1) is 11.8 Å². The summed E-state index contributed by atoms with van der Waals surface area (Å²) in [4.78, 5) is 12.9. The molecule has 1 aromatic carbocycles. The van der Waals surface area contributed by atoms with E-state index in [1.54, 1.807) is 11.8 Å². The maximum Gasteiger partial charge on any atom is 0.238 e. The lowest BCUT2D eigenvalue weighted by Crippen LogP contribution is -2.55. The molecule has 4 heteroatoms. The summed E-state index contributed by atoms with van der Waals surface area (Å²) in [6.45, 7) is 4.79. The van der Waals surface area contributed by atoms with Gasteiger partial charge in [-0.3, -0.25) is 4.79 Å². The van der Waals surface area contributed by atoms with Crippen molar-refractivity contribution in [3.8, 4) is 0 Å². The Bertz CT molecular complexity index is 489. The summed E-state index contributed by atoms with van der Waals surface area (Å²) in [5.74, 6) is 0.390. The smallest absolute Gasteiger partial charge is 0.238 e. The summed E-state index contributed by atoms with van der Waals surface area (Å²) in [7, 11) is 0. The molecule has 20 heavy (non-hydrogen) atoms. The number of amides is 1. The van der Waals surface area contributed by atoms with Crippen molar-refractivity contribution in [2.45, 2.75) is 50.0 Å². The highest BCUT2D eigenvalue weighted by Gasteiger charge is 2.30. The minimum Gasteiger partial charge on any atom is -0.368 e. The van der Waals surface area contributed by atoms with E-state index in [1.165, 1.54) is 35.3 Å². The molecule has 1 aliphatic carbocycles. The third kappa shape index (κ3) is 3.55. The maximum atomic E-state index is 11.7. The van der Waals surface area contributed by atoms with Crippen LogP contribution in [0, 0.1) is 0 Å². The Hall–Kier alpha value is -1.00. The van der Waals surface area contributed by atoms with Crippen LogP contribution in [0.4, 0.5) is 0 Å². The molecule has 0 saturated carbocycles. The molecule has 3 N–H and O–H groups in total. The van der Waals surface area contributed by atoms with E-state index in [2.05, 4.69) is 30.4 Å². The van der Waals surface area contributed by atoms with Crippen LogP contribution in [0.1, 0.15) is 37.8 Å². The highest BCUT2D eigenvalue weighted by molar-refractivity contribution is 7.99. The predicted octanol–water partition coefficient (Wildman–Crippen LogP) is 2.51. The van der Waals surface area contributed by atoms with Crippen molar-refractivity contribution >= 4 is 17.7 Å². The van der Waals surface area contributed by atoms with Gasteiger partial charge >= 0.3 is 0 Å². The molecule has 0 aliphatic heterocycles. The normalized spacial score (nSPS) is 16.7. The van der Waals surface area contributed by atoms with Crippen LogP contribution in [0.25, 0.3) is 0 Å². The van der Waals surface area contributed by atoms with Gasteiger partial charge in [0.25, 0.3) is 0 Å². The van der Waals surface area contributed by atoms with Crippen molar-refractivity contribution in [3.63, 3.8) is 0 Å². The number of aryl methyl sites for hydroxylation is 2. The van der Waals surface area contributed by atoms with Crippen LogP contribution in [-0.4, -0.2) is 23.7 Å². The monoisotopic (exact) mass is 292 g/mol.